The zero-order chi connectivity index (χ0) is 25.9. The van der Waals surface area contributed by atoms with Gasteiger partial charge in [-0.15, -0.1) is 0 Å². The molecule has 2 heterocycles. The van der Waals surface area contributed by atoms with E-state index in [1.54, 1.807) is 30.3 Å². The van der Waals surface area contributed by atoms with Gasteiger partial charge in [-0.2, -0.15) is 13.2 Å². The molecule has 0 saturated heterocycles. The number of esters is 1. The first-order chi connectivity index (χ1) is 16.4. The molecule has 3 rings (SSSR count). The number of halogens is 3. The molecule has 0 aliphatic heterocycles. The lowest BCUT2D eigenvalue weighted by Gasteiger charge is -2.15. The second-order valence-electron chi connectivity index (χ2n) is 7.44. The average molecular weight is 492 g/mol. The van der Waals surface area contributed by atoms with Crippen LogP contribution < -0.4 is 22.5 Å². The first-order valence-corrected chi connectivity index (χ1v) is 10.00. The van der Waals surface area contributed by atoms with Crippen molar-refractivity contribution < 1.29 is 27.5 Å². The average Bonchev–Trinajstić information content (AvgIpc) is 2.80. The van der Waals surface area contributed by atoms with Crippen molar-refractivity contribution in [2.24, 2.45) is 7.05 Å². The minimum Gasteiger partial charge on any atom is -0.456 e. The summed E-state index contributed by atoms with van der Waals surface area (Å²) in [5.41, 5.74) is 2.19. The SMILES string of the molecule is Cn1c(=O)c(C(=O)COC(=O)Cn2cc(C(F)(F)F)ccc2=O)c(N)n(Cc2ccccc2)c1=O. The van der Waals surface area contributed by atoms with Gasteiger partial charge in [0.2, 0.25) is 5.78 Å². The predicted octanol–water partition coefficient (Wildman–Crippen LogP) is 0.784. The number of Topliss-reactive ketones (excluding diaryl/α,β-unsaturated/α-hetero) is 1. The van der Waals surface area contributed by atoms with Gasteiger partial charge in [-0.3, -0.25) is 28.3 Å². The van der Waals surface area contributed by atoms with Gasteiger partial charge in [0.1, 0.15) is 17.9 Å². The quantitative estimate of drug-likeness (QED) is 0.380. The molecule has 2 aromatic heterocycles. The van der Waals surface area contributed by atoms with E-state index in [0.717, 1.165) is 11.6 Å². The van der Waals surface area contributed by atoms with E-state index in [4.69, 9.17) is 10.5 Å². The monoisotopic (exact) mass is 492 g/mol. The van der Waals surface area contributed by atoms with Crippen LogP contribution in [0.2, 0.25) is 0 Å². The van der Waals surface area contributed by atoms with Crippen molar-refractivity contribution in [2.75, 3.05) is 12.3 Å². The molecule has 0 unspecified atom stereocenters. The number of carbonyl (C=O) groups is 2. The molecule has 0 atom stereocenters. The van der Waals surface area contributed by atoms with Crippen LogP contribution in [-0.2, 0) is 35.8 Å². The number of aromatic nitrogens is 3. The van der Waals surface area contributed by atoms with Gasteiger partial charge < -0.3 is 15.0 Å². The molecular weight excluding hydrogens is 473 g/mol. The minimum absolute atomic E-state index is 0.0435. The van der Waals surface area contributed by atoms with E-state index < -0.39 is 64.8 Å². The first-order valence-electron chi connectivity index (χ1n) is 10.00. The smallest absolute Gasteiger partial charge is 0.417 e. The number of ketones is 1. The van der Waals surface area contributed by atoms with E-state index >= 15 is 0 Å². The van der Waals surface area contributed by atoms with Crippen LogP contribution in [0.5, 0.6) is 0 Å². The lowest BCUT2D eigenvalue weighted by atomic mass is 10.2. The number of anilines is 1. The zero-order valence-electron chi connectivity index (χ0n) is 18.2. The third-order valence-corrected chi connectivity index (χ3v) is 5.02. The summed E-state index contributed by atoms with van der Waals surface area (Å²) in [4.78, 5) is 61.6. The number of nitrogens with two attached hydrogens (primary N) is 1. The van der Waals surface area contributed by atoms with E-state index in [9.17, 15) is 37.1 Å². The Morgan fingerprint density at radius 2 is 1.69 bits per heavy atom. The molecule has 35 heavy (non-hydrogen) atoms. The van der Waals surface area contributed by atoms with Crippen molar-refractivity contribution in [3.8, 4) is 0 Å². The van der Waals surface area contributed by atoms with Crippen molar-refractivity contribution in [1.29, 1.82) is 0 Å². The first kappa shape index (κ1) is 25.2. The summed E-state index contributed by atoms with van der Waals surface area (Å²) in [7, 11) is 1.15. The number of alkyl halides is 3. The molecule has 2 N–H and O–H groups in total. The van der Waals surface area contributed by atoms with Gasteiger partial charge in [0, 0.05) is 19.3 Å². The molecule has 0 saturated carbocycles. The van der Waals surface area contributed by atoms with Crippen molar-refractivity contribution in [2.45, 2.75) is 19.3 Å². The summed E-state index contributed by atoms with van der Waals surface area (Å²) >= 11 is 0. The number of carbonyl (C=O) groups excluding carboxylic acids is 2. The van der Waals surface area contributed by atoms with Crippen molar-refractivity contribution in [1.82, 2.24) is 13.7 Å². The molecule has 184 valence electrons. The second kappa shape index (κ2) is 9.83. The standard InChI is InChI=1S/C22H19F3N4O6/c1-27-20(33)18(19(26)29(21(27)34)9-13-5-3-2-4-6-13)15(30)12-35-17(32)11-28-10-14(22(23,24)25)7-8-16(28)31/h2-8,10H,9,11-12,26H2,1H3. The highest BCUT2D eigenvalue weighted by atomic mass is 19.4. The Morgan fingerprint density at radius 3 is 2.31 bits per heavy atom. The van der Waals surface area contributed by atoms with E-state index in [2.05, 4.69) is 0 Å². The molecule has 0 radical (unpaired) electrons. The molecule has 0 bridgehead atoms. The second-order valence-corrected chi connectivity index (χ2v) is 7.44. The summed E-state index contributed by atoms with van der Waals surface area (Å²) in [6.07, 6.45) is -4.30. The third-order valence-electron chi connectivity index (χ3n) is 5.02. The Balaban J connectivity index is 1.81. The molecule has 10 nitrogen and oxygen atoms in total. The molecule has 13 heteroatoms. The van der Waals surface area contributed by atoms with Crippen LogP contribution in [0.25, 0.3) is 0 Å². The van der Waals surface area contributed by atoms with Gasteiger partial charge in [-0.1, -0.05) is 30.3 Å². The predicted molar refractivity (Wildman–Crippen MR) is 117 cm³/mol. The topological polar surface area (TPSA) is 135 Å². The van der Waals surface area contributed by atoms with Crippen LogP contribution in [0.4, 0.5) is 19.0 Å². The normalized spacial score (nSPS) is 11.3. The fourth-order valence-corrected chi connectivity index (χ4v) is 3.19. The minimum atomic E-state index is -4.74. The van der Waals surface area contributed by atoms with Gasteiger partial charge in [0.15, 0.2) is 6.61 Å². The van der Waals surface area contributed by atoms with Gasteiger partial charge >= 0.3 is 17.8 Å². The molecule has 0 aliphatic rings. The summed E-state index contributed by atoms with van der Waals surface area (Å²) in [5.74, 6) is -2.67. The van der Waals surface area contributed by atoms with Crippen LogP contribution in [-0.4, -0.2) is 32.1 Å². The lowest BCUT2D eigenvalue weighted by Crippen LogP contribution is -2.43. The van der Waals surface area contributed by atoms with Crippen LogP contribution in [0.1, 0.15) is 21.5 Å². The van der Waals surface area contributed by atoms with Gasteiger partial charge in [-0.25, -0.2) is 4.79 Å². The summed E-state index contributed by atoms with van der Waals surface area (Å²) < 4.78 is 45.4. The molecule has 1 aromatic carbocycles. The number of rotatable bonds is 7. The lowest BCUT2D eigenvalue weighted by molar-refractivity contribution is -0.144. The highest BCUT2D eigenvalue weighted by molar-refractivity contribution is 6.01. The van der Waals surface area contributed by atoms with Crippen LogP contribution in [0.3, 0.4) is 0 Å². The zero-order valence-corrected chi connectivity index (χ0v) is 18.2. The maximum absolute atomic E-state index is 12.8. The van der Waals surface area contributed by atoms with Crippen molar-refractivity contribution in [3.05, 3.63) is 96.5 Å². The van der Waals surface area contributed by atoms with E-state index in [0.29, 0.717) is 33.0 Å². The molecule has 3 aromatic rings. The Bertz CT molecular complexity index is 1460. The van der Waals surface area contributed by atoms with Gasteiger partial charge in [0.25, 0.3) is 11.1 Å². The number of nitrogen functional groups attached to an aromatic ring is 1. The number of hydrogen-bond acceptors (Lipinski definition) is 7. The summed E-state index contributed by atoms with van der Waals surface area (Å²) in [6, 6.07) is 9.82. The van der Waals surface area contributed by atoms with E-state index in [1.807, 2.05) is 0 Å². The van der Waals surface area contributed by atoms with Gasteiger partial charge in [-0.05, 0) is 11.6 Å². The Labute approximate surface area is 194 Å². The molecular formula is C22H19F3N4O6. The van der Waals surface area contributed by atoms with Crippen LogP contribution in [0.15, 0.2) is 63.0 Å². The summed E-state index contributed by atoms with van der Waals surface area (Å²) in [5, 5.41) is 0. The Morgan fingerprint density at radius 1 is 1.03 bits per heavy atom. The Hall–Kier alpha value is -4.42. The van der Waals surface area contributed by atoms with E-state index in [-0.39, 0.29) is 6.54 Å². The number of benzene rings is 1. The van der Waals surface area contributed by atoms with E-state index in [1.165, 1.54) is 0 Å². The Kier molecular flexibility index (Phi) is 7.08. The maximum atomic E-state index is 12.8. The highest BCUT2D eigenvalue weighted by Gasteiger charge is 2.31. The fourth-order valence-electron chi connectivity index (χ4n) is 3.19. The van der Waals surface area contributed by atoms with Crippen molar-refractivity contribution in [3.63, 3.8) is 0 Å². The van der Waals surface area contributed by atoms with Crippen LogP contribution >= 0.6 is 0 Å². The fraction of sp³-hybridized carbons (Fsp3) is 0.227. The highest BCUT2D eigenvalue weighted by Crippen LogP contribution is 2.28. The summed E-state index contributed by atoms with van der Waals surface area (Å²) in [6.45, 7) is -1.94. The largest absolute Gasteiger partial charge is 0.456 e. The van der Waals surface area contributed by atoms with Gasteiger partial charge in [0.05, 0.1) is 12.1 Å². The van der Waals surface area contributed by atoms with Crippen molar-refractivity contribution >= 4 is 17.6 Å². The number of pyridine rings is 1. The molecule has 0 spiro atoms. The van der Waals surface area contributed by atoms with Crippen LogP contribution in [0, 0.1) is 0 Å². The number of nitrogens with zero attached hydrogens (tertiary/aromatic N) is 3. The molecule has 0 fully saturated rings. The molecule has 0 amide bonds. The number of ether oxygens (including phenoxy) is 1. The third kappa shape index (κ3) is 5.57. The molecule has 0 aliphatic carbocycles. The maximum Gasteiger partial charge on any atom is 0.417 e. The number of hydrogen-bond donors (Lipinski definition) is 1.